The Balaban J connectivity index is 1.70. The van der Waals surface area contributed by atoms with Crippen molar-refractivity contribution in [1.82, 2.24) is 14.1 Å². The molecular weight excluding hydrogens is 405 g/mol. The maximum absolute atomic E-state index is 14.1. The van der Waals surface area contributed by atoms with Gasteiger partial charge in [0.25, 0.3) is 5.56 Å². The van der Waals surface area contributed by atoms with E-state index in [0.29, 0.717) is 29.5 Å². The molecule has 0 amide bonds. The summed E-state index contributed by atoms with van der Waals surface area (Å²) < 4.78 is 22.9. The summed E-state index contributed by atoms with van der Waals surface area (Å²) in [4.78, 5) is 18.2. The van der Waals surface area contributed by atoms with E-state index in [2.05, 4.69) is 11.1 Å². The van der Waals surface area contributed by atoms with Gasteiger partial charge in [0.1, 0.15) is 22.6 Å². The average molecular weight is 427 g/mol. The standard InChI is InChI=1S/C26H22FN3O2/c1-17-5-3-6-18(11-17)15-30-23-10-9-20(27)13-22(23)24-25(30)26(31)29(16-28-24)14-19-7-4-8-21(12-19)32-2/h3-13,16H,14-15H2,1-2H3. The van der Waals surface area contributed by atoms with Gasteiger partial charge in [-0.15, -0.1) is 0 Å². The number of ether oxygens (including phenoxy) is 1. The largest absolute Gasteiger partial charge is 0.497 e. The Bertz CT molecular complexity index is 1520. The second kappa shape index (κ2) is 7.96. The molecule has 5 nitrogen and oxygen atoms in total. The van der Waals surface area contributed by atoms with Gasteiger partial charge in [-0.25, -0.2) is 9.37 Å². The highest BCUT2D eigenvalue weighted by atomic mass is 19.1. The summed E-state index contributed by atoms with van der Waals surface area (Å²) in [5, 5.41) is 0.637. The Kier molecular flexibility index (Phi) is 4.98. The molecule has 0 N–H and O–H groups in total. The molecule has 0 radical (unpaired) electrons. The van der Waals surface area contributed by atoms with Crippen molar-refractivity contribution in [2.24, 2.45) is 0 Å². The summed E-state index contributed by atoms with van der Waals surface area (Å²) in [6.45, 7) is 2.89. The van der Waals surface area contributed by atoms with Crippen molar-refractivity contribution in [1.29, 1.82) is 0 Å². The van der Waals surface area contributed by atoms with E-state index >= 15 is 0 Å². The van der Waals surface area contributed by atoms with Crippen LogP contribution in [0.5, 0.6) is 5.75 Å². The van der Waals surface area contributed by atoms with Crippen LogP contribution in [0.2, 0.25) is 0 Å². The molecule has 0 aliphatic carbocycles. The Labute approximate surface area is 184 Å². The smallest absolute Gasteiger partial charge is 0.278 e. The molecule has 0 aliphatic heterocycles. The molecule has 160 valence electrons. The highest BCUT2D eigenvalue weighted by Crippen LogP contribution is 2.27. The van der Waals surface area contributed by atoms with Crippen molar-refractivity contribution in [3.05, 3.63) is 106 Å². The van der Waals surface area contributed by atoms with Crippen LogP contribution in [0.1, 0.15) is 16.7 Å². The van der Waals surface area contributed by atoms with Crippen molar-refractivity contribution in [3.8, 4) is 5.75 Å². The van der Waals surface area contributed by atoms with Crippen molar-refractivity contribution >= 4 is 21.9 Å². The maximum Gasteiger partial charge on any atom is 0.278 e. The van der Waals surface area contributed by atoms with Gasteiger partial charge in [-0.05, 0) is 48.4 Å². The van der Waals surface area contributed by atoms with Crippen LogP contribution in [0.25, 0.3) is 21.9 Å². The molecule has 2 heterocycles. The Morgan fingerprint density at radius 3 is 2.53 bits per heavy atom. The minimum Gasteiger partial charge on any atom is -0.497 e. The number of benzene rings is 3. The average Bonchev–Trinajstić information content (AvgIpc) is 3.09. The van der Waals surface area contributed by atoms with Gasteiger partial charge in [-0.2, -0.15) is 0 Å². The third-order valence-corrected chi connectivity index (χ3v) is 5.70. The zero-order chi connectivity index (χ0) is 22.2. The number of aryl methyl sites for hydroxylation is 1. The van der Waals surface area contributed by atoms with E-state index in [4.69, 9.17) is 4.74 Å². The lowest BCUT2D eigenvalue weighted by atomic mass is 10.1. The molecule has 5 rings (SSSR count). The Morgan fingerprint density at radius 1 is 0.969 bits per heavy atom. The highest BCUT2D eigenvalue weighted by Gasteiger charge is 2.17. The molecule has 0 unspecified atom stereocenters. The molecule has 0 bridgehead atoms. The lowest BCUT2D eigenvalue weighted by Gasteiger charge is -2.10. The second-order valence-electron chi connectivity index (χ2n) is 7.96. The van der Waals surface area contributed by atoms with Crippen LogP contribution < -0.4 is 10.3 Å². The highest BCUT2D eigenvalue weighted by molar-refractivity contribution is 6.05. The van der Waals surface area contributed by atoms with E-state index in [0.717, 1.165) is 28.0 Å². The molecule has 32 heavy (non-hydrogen) atoms. The third-order valence-electron chi connectivity index (χ3n) is 5.70. The van der Waals surface area contributed by atoms with Gasteiger partial charge >= 0.3 is 0 Å². The number of fused-ring (bicyclic) bond motifs is 3. The van der Waals surface area contributed by atoms with Gasteiger partial charge in [-0.1, -0.05) is 42.0 Å². The summed E-state index contributed by atoms with van der Waals surface area (Å²) in [5.74, 6) is 0.378. The molecule has 0 saturated carbocycles. The number of aromatic nitrogens is 3. The fourth-order valence-corrected chi connectivity index (χ4v) is 4.21. The first-order chi connectivity index (χ1) is 15.5. The first kappa shape index (κ1) is 20.0. The SMILES string of the molecule is COc1cccc(Cn2cnc3c4cc(F)ccc4n(Cc4cccc(C)c4)c3c2=O)c1. The number of nitrogens with zero attached hydrogens (tertiary/aromatic N) is 3. The predicted octanol–water partition coefficient (Wildman–Crippen LogP) is 4.90. The Hall–Kier alpha value is -3.93. The van der Waals surface area contributed by atoms with Crippen LogP contribution in [0, 0.1) is 12.7 Å². The van der Waals surface area contributed by atoms with Gasteiger partial charge in [-0.3, -0.25) is 9.36 Å². The molecule has 3 aromatic carbocycles. The molecule has 0 atom stereocenters. The van der Waals surface area contributed by atoms with E-state index in [9.17, 15) is 9.18 Å². The number of hydrogen-bond acceptors (Lipinski definition) is 3. The molecule has 0 fully saturated rings. The summed E-state index contributed by atoms with van der Waals surface area (Å²) in [6, 6.07) is 20.3. The van der Waals surface area contributed by atoms with Crippen LogP contribution >= 0.6 is 0 Å². The molecule has 5 aromatic rings. The minimum absolute atomic E-state index is 0.165. The van der Waals surface area contributed by atoms with Crippen molar-refractivity contribution in [3.63, 3.8) is 0 Å². The van der Waals surface area contributed by atoms with E-state index < -0.39 is 0 Å². The van der Waals surface area contributed by atoms with E-state index in [1.165, 1.54) is 18.5 Å². The zero-order valence-electron chi connectivity index (χ0n) is 17.9. The number of hydrogen-bond donors (Lipinski definition) is 0. The lowest BCUT2D eigenvalue weighted by Crippen LogP contribution is -2.23. The molecule has 0 saturated heterocycles. The molecule has 2 aromatic heterocycles. The molecular formula is C26H22FN3O2. The maximum atomic E-state index is 14.1. The fourth-order valence-electron chi connectivity index (χ4n) is 4.21. The van der Waals surface area contributed by atoms with Crippen molar-refractivity contribution < 1.29 is 9.13 Å². The van der Waals surface area contributed by atoms with Gasteiger partial charge in [0.15, 0.2) is 0 Å². The number of methoxy groups -OCH3 is 1. The predicted molar refractivity (Wildman–Crippen MR) is 124 cm³/mol. The van der Waals surface area contributed by atoms with Crippen LogP contribution in [-0.2, 0) is 13.1 Å². The summed E-state index contributed by atoms with van der Waals surface area (Å²) in [5.41, 5.74) is 4.74. The lowest BCUT2D eigenvalue weighted by molar-refractivity contribution is 0.414. The first-order valence-corrected chi connectivity index (χ1v) is 10.4. The van der Waals surface area contributed by atoms with Gasteiger partial charge in [0, 0.05) is 11.9 Å². The number of rotatable bonds is 5. The summed E-state index contributed by atoms with van der Waals surface area (Å²) in [6.07, 6.45) is 1.53. The second-order valence-corrected chi connectivity index (χ2v) is 7.96. The first-order valence-electron chi connectivity index (χ1n) is 10.4. The van der Waals surface area contributed by atoms with Crippen LogP contribution in [0.3, 0.4) is 0 Å². The summed E-state index contributed by atoms with van der Waals surface area (Å²) >= 11 is 0. The van der Waals surface area contributed by atoms with Gasteiger partial charge in [0.05, 0.1) is 25.5 Å². The quantitative estimate of drug-likeness (QED) is 0.401. The van der Waals surface area contributed by atoms with E-state index in [1.807, 2.05) is 54.0 Å². The van der Waals surface area contributed by atoms with E-state index in [1.54, 1.807) is 17.7 Å². The van der Waals surface area contributed by atoms with Crippen molar-refractivity contribution in [2.45, 2.75) is 20.0 Å². The van der Waals surface area contributed by atoms with E-state index in [-0.39, 0.29) is 11.4 Å². The zero-order valence-corrected chi connectivity index (χ0v) is 17.9. The van der Waals surface area contributed by atoms with Crippen molar-refractivity contribution in [2.75, 3.05) is 7.11 Å². The van der Waals surface area contributed by atoms with Crippen LogP contribution in [-0.4, -0.2) is 21.2 Å². The summed E-state index contributed by atoms with van der Waals surface area (Å²) in [7, 11) is 1.61. The molecule has 0 spiro atoms. The van der Waals surface area contributed by atoms with Gasteiger partial charge in [0.2, 0.25) is 0 Å². The van der Waals surface area contributed by atoms with Gasteiger partial charge < -0.3 is 9.30 Å². The number of halogens is 1. The Morgan fingerprint density at radius 2 is 1.75 bits per heavy atom. The molecule has 6 heteroatoms. The third kappa shape index (κ3) is 3.54. The molecule has 0 aliphatic rings. The monoisotopic (exact) mass is 427 g/mol. The fraction of sp³-hybridized carbons (Fsp3) is 0.154. The van der Waals surface area contributed by atoms with Crippen LogP contribution in [0.4, 0.5) is 4.39 Å². The topological polar surface area (TPSA) is 49.0 Å². The normalized spacial score (nSPS) is 11.3. The minimum atomic E-state index is -0.352. The van der Waals surface area contributed by atoms with Crippen LogP contribution in [0.15, 0.2) is 77.9 Å².